The monoisotopic (exact) mass is 240 g/mol. The number of aromatic nitrogens is 1. The quantitative estimate of drug-likeness (QED) is 0.803. The maximum atomic E-state index is 5.37. The molecule has 1 aromatic heterocycles. The molecule has 0 atom stereocenters. The molecule has 3 nitrogen and oxygen atoms in total. The predicted molar refractivity (Wildman–Crippen MR) is 66.9 cm³/mol. The van der Waals surface area contributed by atoms with E-state index in [-0.39, 0.29) is 0 Å². The lowest BCUT2D eigenvalue weighted by molar-refractivity contribution is 0.0852. The fourth-order valence-electron chi connectivity index (χ4n) is 1.93. The smallest absolute Gasteiger partial charge is 0.0961 e. The molecule has 0 amide bonds. The van der Waals surface area contributed by atoms with Crippen LogP contribution in [0.25, 0.3) is 0 Å². The minimum absolute atomic E-state index is 0.638. The summed E-state index contributed by atoms with van der Waals surface area (Å²) >= 11 is 1.81. The summed E-state index contributed by atoms with van der Waals surface area (Å²) in [7, 11) is 0. The van der Waals surface area contributed by atoms with Gasteiger partial charge in [-0.05, 0) is 25.8 Å². The number of hydrogen-bond donors (Lipinski definition) is 1. The molecule has 1 N–H and O–H groups in total. The second kappa shape index (κ2) is 6.33. The molecular weight excluding hydrogens is 220 g/mol. The number of nitrogens with one attached hydrogen (secondary N) is 1. The van der Waals surface area contributed by atoms with E-state index in [1.807, 2.05) is 11.3 Å². The number of hydrogen-bond acceptors (Lipinski definition) is 4. The van der Waals surface area contributed by atoms with Crippen LogP contribution in [0.1, 0.15) is 42.8 Å². The molecule has 1 aliphatic heterocycles. The van der Waals surface area contributed by atoms with Gasteiger partial charge in [0.2, 0.25) is 0 Å². The van der Waals surface area contributed by atoms with Crippen LogP contribution in [-0.2, 0) is 11.3 Å². The first-order chi connectivity index (χ1) is 7.90. The highest BCUT2D eigenvalue weighted by molar-refractivity contribution is 7.09. The topological polar surface area (TPSA) is 34.1 Å². The highest BCUT2D eigenvalue weighted by Crippen LogP contribution is 2.29. The summed E-state index contributed by atoms with van der Waals surface area (Å²) in [5, 5.41) is 6.88. The van der Waals surface area contributed by atoms with E-state index in [4.69, 9.17) is 9.72 Å². The molecule has 0 radical (unpaired) electrons. The zero-order valence-electron chi connectivity index (χ0n) is 9.87. The molecule has 2 rings (SSSR count). The van der Waals surface area contributed by atoms with Crippen molar-refractivity contribution in [2.45, 2.75) is 38.6 Å². The number of ether oxygens (including phenoxy) is 1. The average molecular weight is 240 g/mol. The van der Waals surface area contributed by atoms with E-state index in [9.17, 15) is 0 Å². The van der Waals surface area contributed by atoms with Crippen LogP contribution < -0.4 is 5.32 Å². The van der Waals surface area contributed by atoms with Gasteiger partial charge < -0.3 is 10.1 Å². The van der Waals surface area contributed by atoms with E-state index in [0.717, 1.165) is 39.1 Å². The Morgan fingerprint density at radius 1 is 1.50 bits per heavy atom. The van der Waals surface area contributed by atoms with Gasteiger partial charge in [-0.3, -0.25) is 0 Å². The van der Waals surface area contributed by atoms with Gasteiger partial charge in [0.15, 0.2) is 0 Å². The van der Waals surface area contributed by atoms with Gasteiger partial charge in [-0.25, -0.2) is 4.98 Å². The van der Waals surface area contributed by atoms with Crippen LogP contribution >= 0.6 is 11.3 Å². The zero-order valence-corrected chi connectivity index (χ0v) is 10.7. The van der Waals surface area contributed by atoms with E-state index < -0.39 is 0 Å². The standard InChI is InChI=1S/C12H20N2OS/c1-2-5-13-8-11-9-16-12(14-11)10-3-6-15-7-4-10/h9-10,13H,2-8H2,1H3. The summed E-state index contributed by atoms with van der Waals surface area (Å²) in [6.45, 7) is 5.96. The van der Waals surface area contributed by atoms with E-state index in [0.29, 0.717) is 5.92 Å². The molecule has 2 heterocycles. The van der Waals surface area contributed by atoms with Crippen LogP contribution in [0.3, 0.4) is 0 Å². The van der Waals surface area contributed by atoms with Gasteiger partial charge in [-0.15, -0.1) is 11.3 Å². The Morgan fingerprint density at radius 2 is 2.31 bits per heavy atom. The number of nitrogens with zero attached hydrogens (tertiary/aromatic N) is 1. The summed E-state index contributed by atoms with van der Waals surface area (Å²) in [5.41, 5.74) is 1.19. The Labute approximate surface area is 101 Å². The fraction of sp³-hybridized carbons (Fsp3) is 0.750. The zero-order chi connectivity index (χ0) is 11.2. The second-order valence-corrected chi connectivity index (χ2v) is 5.13. The summed E-state index contributed by atoms with van der Waals surface area (Å²) < 4.78 is 5.37. The third kappa shape index (κ3) is 3.27. The number of thiazole rings is 1. The van der Waals surface area contributed by atoms with Gasteiger partial charge in [0.25, 0.3) is 0 Å². The molecule has 0 unspecified atom stereocenters. The molecule has 1 saturated heterocycles. The SMILES string of the molecule is CCCNCc1csc(C2CCOCC2)n1. The minimum Gasteiger partial charge on any atom is -0.381 e. The Balaban J connectivity index is 1.85. The van der Waals surface area contributed by atoms with Gasteiger partial charge >= 0.3 is 0 Å². The molecular formula is C12H20N2OS. The van der Waals surface area contributed by atoms with Crippen molar-refractivity contribution in [3.8, 4) is 0 Å². The molecule has 0 aromatic carbocycles. The van der Waals surface area contributed by atoms with Gasteiger partial charge in [-0.2, -0.15) is 0 Å². The Bertz CT molecular complexity index is 308. The van der Waals surface area contributed by atoms with Crippen molar-refractivity contribution in [3.63, 3.8) is 0 Å². The van der Waals surface area contributed by atoms with Crippen molar-refractivity contribution in [2.75, 3.05) is 19.8 Å². The van der Waals surface area contributed by atoms with E-state index in [1.54, 1.807) is 0 Å². The van der Waals surface area contributed by atoms with E-state index in [1.165, 1.54) is 17.1 Å². The van der Waals surface area contributed by atoms with Gasteiger partial charge in [0, 0.05) is 31.1 Å². The van der Waals surface area contributed by atoms with Crippen molar-refractivity contribution in [2.24, 2.45) is 0 Å². The largest absolute Gasteiger partial charge is 0.381 e. The molecule has 0 saturated carbocycles. The van der Waals surface area contributed by atoms with Gasteiger partial charge in [0.1, 0.15) is 0 Å². The van der Waals surface area contributed by atoms with Crippen LogP contribution in [-0.4, -0.2) is 24.7 Å². The van der Waals surface area contributed by atoms with Crippen molar-refractivity contribution in [1.29, 1.82) is 0 Å². The lowest BCUT2D eigenvalue weighted by Gasteiger charge is -2.19. The van der Waals surface area contributed by atoms with Crippen LogP contribution in [0.4, 0.5) is 0 Å². The summed E-state index contributed by atoms with van der Waals surface area (Å²) in [4.78, 5) is 4.71. The second-order valence-electron chi connectivity index (χ2n) is 4.24. The molecule has 16 heavy (non-hydrogen) atoms. The Hall–Kier alpha value is -0.450. The first kappa shape index (κ1) is 12.0. The summed E-state index contributed by atoms with van der Waals surface area (Å²) in [6.07, 6.45) is 3.45. The molecule has 0 spiro atoms. The normalized spacial score (nSPS) is 17.8. The third-order valence-electron chi connectivity index (χ3n) is 2.87. The van der Waals surface area contributed by atoms with Crippen LogP contribution in [0.15, 0.2) is 5.38 Å². The molecule has 0 aliphatic carbocycles. The summed E-state index contributed by atoms with van der Waals surface area (Å²) in [6, 6.07) is 0. The molecule has 0 bridgehead atoms. The minimum atomic E-state index is 0.638. The first-order valence-corrected chi connectivity index (χ1v) is 7.01. The van der Waals surface area contributed by atoms with Crippen molar-refractivity contribution >= 4 is 11.3 Å². The molecule has 1 fully saturated rings. The molecule has 4 heteroatoms. The van der Waals surface area contributed by atoms with Crippen molar-refractivity contribution in [3.05, 3.63) is 16.1 Å². The highest BCUT2D eigenvalue weighted by atomic mass is 32.1. The van der Waals surface area contributed by atoms with Gasteiger partial charge in [0.05, 0.1) is 10.7 Å². The first-order valence-electron chi connectivity index (χ1n) is 6.13. The lowest BCUT2D eigenvalue weighted by Crippen LogP contribution is -2.15. The maximum absolute atomic E-state index is 5.37. The lowest BCUT2D eigenvalue weighted by atomic mass is 10.0. The summed E-state index contributed by atoms with van der Waals surface area (Å²) in [5.74, 6) is 0.638. The maximum Gasteiger partial charge on any atom is 0.0961 e. The third-order valence-corrected chi connectivity index (χ3v) is 3.93. The van der Waals surface area contributed by atoms with Crippen LogP contribution in [0.2, 0.25) is 0 Å². The van der Waals surface area contributed by atoms with E-state index in [2.05, 4.69) is 17.6 Å². The van der Waals surface area contributed by atoms with E-state index >= 15 is 0 Å². The van der Waals surface area contributed by atoms with Crippen molar-refractivity contribution < 1.29 is 4.74 Å². The fourth-order valence-corrected chi connectivity index (χ4v) is 2.92. The molecule has 1 aliphatic rings. The molecule has 1 aromatic rings. The average Bonchev–Trinajstić information content (AvgIpc) is 2.79. The predicted octanol–water partition coefficient (Wildman–Crippen LogP) is 2.54. The Kier molecular flexibility index (Phi) is 4.75. The number of rotatable bonds is 5. The van der Waals surface area contributed by atoms with Gasteiger partial charge in [-0.1, -0.05) is 6.92 Å². The van der Waals surface area contributed by atoms with Crippen LogP contribution in [0, 0.1) is 0 Å². The Morgan fingerprint density at radius 3 is 3.06 bits per heavy atom. The highest BCUT2D eigenvalue weighted by Gasteiger charge is 2.18. The van der Waals surface area contributed by atoms with Crippen LogP contribution in [0.5, 0.6) is 0 Å². The molecule has 90 valence electrons. The van der Waals surface area contributed by atoms with Crippen molar-refractivity contribution in [1.82, 2.24) is 10.3 Å².